The zero-order valence-corrected chi connectivity index (χ0v) is 12.6. The van der Waals surface area contributed by atoms with E-state index < -0.39 is 0 Å². The second kappa shape index (κ2) is 5.01. The molecule has 0 aliphatic carbocycles. The van der Waals surface area contributed by atoms with Crippen LogP contribution in [-0.2, 0) is 26.7 Å². The number of hydrogen-bond acceptors (Lipinski definition) is 2. The Morgan fingerprint density at radius 3 is 2.55 bits per heavy atom. The molecule has 4 rings (SSSR count). The highest BCUT2D eigenvalue weighted by atomic mass is 15.1. The molecule has 0 radical (unpaired) electrons. The first-order valence-electron chi connectivity index (χ1n) is 7.52. The molecule has 0 unspecified atom stereocenters. The van der Waals surface area contributed by atoms with Crippen molar-refractivity contribution in [2.45, 2.75) is 19.6 Å². The van der Waals surface area contributed by atoms with E-state index in [0.29, 0.717) is 0 Å². The number of nitrogens with zero attached hydrogens (tertiary/aromatic N) is 3. The summed E-state index contributed by atoms with van der Waals surface area (Å²) in [6, 6.07) is 17.3. The second-order valence-electron chi connectivity index (χ2n) is 6.03. The highest BCUT2D eigenvalue weighted by Crippen LogP contribution is 2.30. The first-order valence-corrected chi connectivity index (χ1v) is 7.52. The summed E-state index contributed by atoms with van der Waals surface area (Å²) in [5.74, 6) is 0. The fraction of sp³-hybridized carbons (Fsp3) is 0.211. The molecule has 0 amide bonds. The number of rotatable bonds is 2. The molecule has 1 aliphatic heterocycles. The van der Waals surface area contributed by atoms with Crippen LogP contribution < -0.4 is 0 Å². The van der Waals surface area contributed by atoms with E-state index in [-0.39, 0.29) is 0 Å². The van der Waals surface area contributed by atoms with Crippen molar-refractivity contribution in [2.75, 3.05) is 0 Å². The first-order chi connectivity index (χ1) is 10.7. The molecule has 2 heterocycles. The largest absolute Gasteiger partial charge is 0.349 e. The third kappa shape index (κ3) is 2.09. The van der Waals surface area contributed by atoms with E-state index in [4.69, 9.17) is 0 Å². The Morgan fingerprint density at radius 2 is 1.82 bits per heavy atom. The first kappa shape index (κ1) is 13.1. The molecule has 0 bridgehead atoms. The van der Waals surface area contributed by atoms with Crippen LogP contribution in [0.2, 0.25) is 0 Å². The van der Waals surface area contributed by atoms with Gasteiger partial charge in [0, 0.05) is 43.8 Å². The minimum Gasteiger partial charge on any atom is -0.349 e. The Hall–Kier alpha value is -2.57. The van der Waals surface area contributed by atoms with Crippen molar-refractivity contribution in [1.29, 1.82) is 5.26 Å². The third-order valence-electron chi connectivity index (χ3n) is 4.47. The zero-order valence-electron chi connectivity index (χ0n) is 12.6. The van der Waals surface area contributed by atoms with Gasteiger partial charge in [0.05, 0.1) is 5.56 Å². The maximum absolute atomic E-state index is 9.27. The van der Waals surface area contributed by atoms with E-state index >= 15 is 0 Å². The Kier molecular flexibility index (Phi) is 2.99. The van der Waals surface area contributed by atoms with Crippen molar-refractivity contribution < 1.29 is 0 Å². The van der Waals surface area contributed by atoms with Crippen molar-refractivity contribution >= 4 is 10.9 Å². The van der Waals surface area contributed by atoms with Gasteiger partial charge in [0.2, 0.25) is 0 Å². The van der Waals surface area contributed by atoms with Crippen LogP contribution in [0.5, 0.6) is 0 Å². The van der Waals surface area contributed by atoms with E-state index in [1.54, 1.807) is 0 Å². The molecule has 108 valence electrons. The minimum atomic E-state index is 0.766. The fourth-order valence-electron chi connectivity index (χ4n) is 3.39. The quantitative estimate of drug-likeness (QED) is 0.721. The van der Waals surface area contributed by atoms with Crippen LogP contribution in [0.15, 0.2) is 48.7 Å². The summed E-state index contributed by atoms with van der Waals surface area (Å²) in [7, 11) is 2.01. The zero-order chi connectivity index (χ0) is 15.1. The summed E-state index contributed by atoms with van der Waals surface area (Å²) >= 11 is 0. The lowest BCUT2D eigenvalue weighted by atomic mass is 10.1. The average molecular weight is 287 g/mol. The number of benzene rings is 2. The number of nitriles is 1. The predicted octanol–water partition coefficient (Wildman–Crippen LogP) is 3.57. The highest BCUT2D eigenvalue weighted by Gasteiger charge is 2.21. The maximum atomic E-state index is 9.27. The molecule has 0 saturated heterocycles. The predicted molar refractivity (Wildman–Crippen MR) is 87.0 cm³/mol. The van der Waals surface area contributed by atoms with E-state index in [9.17, 15) is 5.26 Å². The normalized spacial score (nSPS) is 14.2. The Morgan fingerprint density at radius 1 is 1.09 bits per heavy atom. The van der Waals surface area contributed by atoms with Crippen LogP contribution in [0.3, 0.4) is 0 Å². The topological polar surface area (TPSA) is 32.0 Å². The van der Waals surface area contributed by atoms with Crippen molar-refractivity contribution in [2.24, 2.45) is 7.05 Å². The van der Waals surface area contributed by atoms with Gasteiger partial charge in [0.25, 0.3) is 0 Å². The second-order valence-corrected chi connectivity index (χ2v) is 6.03. The van der Waals surface area contributed by atoms with Crippen LogP contribution in [0.1, 0.15) is 22.3 Å². The van der Waals surface area contributed by atoms with Crippen molar-refractivity contribution in [3.63, 3.8) is 0 Å². The van der Waals surface area contributed by atoms with Gasteiger partial charge in [0.15, 0.2) is 0 Å². The van der Waals surface area contributed by atoms with Gasteiger partial charge < -0.3 is 4.57 Å². The number of aryl methyl sites for hydroxylation is 1. The summed E-state index contributed by atoms with van der Waals surface area (Å²) in [6.45, 7) is 2.91. The van der Waals surface area contributed by atoms with Crippen LogP contribution in [0, 0.1) is 11.3 Å². The summed E-state index contributed by atoms with van der Waals surface area (Å²) in [5, 5.41) is 10.3. The van der Waals surface area contributed by atoms with Crippen molar-refractivity contribution in [3.8, 4) is 6.07 Å². The molecular weight excluding hydrogens is 270 g/mol. The molecule has 22 heavy (non-hydrogen) atoms. The lowest BCUT2D eigenvalue weighted by Crippen LogP contribution is -2.15. The molecule has 3 aromatic rings. The summed E-state index contributed by atoms with van der Waals surface area (Å²) < 4.78 is 2.05. The van der Waals surface area contributed by atoms with Gasteiger partial charge in [-0.15, -0.1) is 0 Å². The summed E-state index contributed by atoms with van der Waals surface area (Å²) in [4.78, 5) is 2.45. The van der Waals surface area contributed by atoms with Gasteiger partial charge in [-0.25, -0.2) is 0 Å². The van der Waals surface area contributed by atoms with E-state index in [0.717, 1.165) is 36.1 Å². The van der Waals surface area contributed by atoms with Gasteiger partial charge in [-0.05, 0) is 28.8 Å². The van der Waals surface area contributed by atoms with Crippen LogP contribution >= 0.6 is 0 Å². The lowest BCUT2D eigenvalue weighted by molar-refractivity contribution is 0.275. The molecular formula is C19H17N3. The summed E-state index contributed by atoms with van der Waals surface area (Å²) in [6.07, 6.45) is 1.92. The number of aromatic nitrogens is 1. The molecule has 1 aromatic heterocycles. The van der Waals surface area contributed by atoms with E-state index in [2.05, 4.69) is 53.4 Å². The minimum absolute atomic E-state index is 0.766. The van der Waals surface area contributed by atoms with Crippen LogP contribution in [0.4, 0.5) is 0 Å². The average Bonchev–Trinajstić information content (AvgIpc) is 3.06. The Balaban J connectivity index is 1.67. The molecule has 0 atom stereocenters. The van der Waals surface area contributed by atoms with Crippen molar-refractivity contribution in [1.82, 2.24) is 9.47 Å². The van der Waals surface area contributed by atoms with Crippen LogP contribution in [0.25, 0.3) is 10.9 Å². The van der Waals surface area contributed by atoms with E-state index in [1.807, 2.05) is 17.8 Å². The molecule has 3 heteroatoms. The highest BCUT2D eigenvalue weighted by molar-refractivity contribution is 5.88. The van der Waals surface area contributed by atoms with Crippen LogP contribution in [-0.4, -0.2) is 9.47 Å². The molecule has 3 nitrogen and oxygen atoms in total. The molecule has 0 fully saturated rings. The van der Waals surface area contributed by atoms with Gasteiger partial charge >= 0.3 is 0 Å². The standard InChI is InChI=1S/C19H17N3/c1-21-11-17(9-20)18-7-15-12-22(13-16(15)8-19(18)21)10-14-5-3-2-4-6-14/h2-8,11H,10,12-13H2,1H3. The fourth-order valence-corrected chi connectivity index (χ4v) is 3.39. The molecule has 0 spiro atoms. The number of fused-ring (bicyclic) bond motifs is 2. The SMILES string of the molecule is Cn1cc(C#N)c2cc3c(cc21)CN(Cc1ccccc1)C3. The molecule has 0 saturated carbocycles. The summed E-state index contributed by atoms with van der Waals surface area (Å²) in [5.41, 5.74) is 6.00. The maximum Gasteiger partial charge on any atom is 0.101 e. The van der Waals surface area contributed by atoms with Gasteiger partial charge in [-0.3, -0.25) is 4.90 Å². The smallest absolute Gasteiger partial charge is 0.101 e. The Labute approximate surface area is 130 Å². The van der Waals surface area contributed by atoms with Gasteiger partial charge in [-0.1, -0.05) is 30.3 Å². The monoisotopic (exact) mass is 287 g/mol. The molecule has 1 aliphatic rings. The van der Waals surface area contributed by atoms with E-state index in [1.165, 1.54) is 16.7 Å². The van der Waals surface area contributed by atoms with Gasteiger partial charge in [0.1, 0.15) is 6.07 Å². The Bertz CT molecular complexity index is 884. The number of hydrogen-bond donors (Lipinski definition) is 0. The third-order valence-corrected chi connectivity index (χ3v) is 4.47. The van der Waals surface area contributed by atoms with Crippen molar-refractivity contribution in [3.05, 3.63) is 70.9 Å². The lowest BCUT2D eigenvalue weighted by Gasteiger charge is -2.14. The molecule has 0 N–H and O–H groups in total. The molecule has 2 aromatic carbocycles. The van der Waals surface area contributed by atoms with Gasteiger partial charge in [-0.2, -0.15) is 5.26 Å².